The van der Waals surface area contributed by atoms with Gasteiger partial charge in [-0.05, 0) is 12.1 Å². The van der Waals surface area contributed by atoms with Gasteiger partial charge in [0.15, 0.2) is 0 Å². The van der Waals surface area contributed by atoms with Crippen LogP contribution in [0.25, 0.3) is 10.9 Å². The molecule has 1 aromatic carbocycles. The van der Waals surface area contributed by atoms with Gasteiger partial charge in [0.25, 0.3) is 0 Å². The highest BCUT2D eigenvalue weighted by Gasteiger charge is 2.13. The zero-order valence-corrected chi connectivity index (χ0v) is 11.8. The molecule has 0 saturated carbocycles. The number of aromatic nitrogens is 1. The Balaban J connectivity index is 2.36. The summed E-state index contributed by atoms with van der Waals surface area (Å²) in [5, 5.41) is 1.15. The zero-order valence-electron chi connectivity index (χ0n) is 11.0. The van der Waals surface area contributed by atoms with Gasteiger partial charge in [-0.1, -0.05) is 39.0 Å². The molecule has 0 saturated heterocycles. The van der Waals surface area contributed by atoms with Crippen molar-refractivity contribution < 1.29 is 0 Å². The normalized spacial score (nSPS) is 11.8. The number of fused-ring (bicyclic) bond motifs is 1. The number of anilines is 1. The van der Waals surface area contributed by atoms with E-state index in [4.69, 9.17) is 5.84 Å². The Kier molecular flexibility index (Phi) is 3.78. The van der Waals surface area contributed by atoms with Crippen LogP contribution in [0.15, 0.2) is 30.3 Å². The summed E-state index contributed by atoms with van der Waals surface area (Å²) in [6.07, 6.45) is 0. The van der Waals surface area contributed by atoms with Crippen molar-refractivity contribution >= 4 is 28.5 Å². The van der Waals surface area contributed by atoms with Crippen molar-refractivity contribution in [3.63, 3.8) is 0 Å². The number of thioether (sulfide) groups is 1. The molecule has 3 N–H and O–H groups in total. The average molecular weight is 261 g/mol. The van der Waals surface area contributed by atoms with Crippen molar-refractivity contribution in [3.05, 3.63) is 35.9 Å². The van der Waals surface area contributed by atoms with E-state index in [1.807, 2.05) is 30.0 Å². The third kappa shape index (κ3) is 3.15. The van der Waals surface area contributed by atoms with Crippen LogP contribution in [-0.4, -0.2) is 9.73 Å². The molecule has 1 aromatic heterocycles. The number of hydrogen-bond donors (Lipinski definition) is 2. The van der Waals surface area contributed by atoms with Gasteiger partial charge >= 0.3 is 0 Å². The lowest BCUT2D eigenvalue weighted by Gasteiger charge is -2.18. The molecule has 0 bridgehead atoms. The Morgan fingerprint density at radius 2 is 2.00 bits per heavy atom. The molecule has 96 valence electrons. The molecule has 0 aliphatic heterocycles. The van der Waals surface area contributed by atoms with Crippen molar-refractivity contribution in [1.29, 1.82) is 0 Å². The Labute approximate surface area is 112 Å². The van der Waals surface area contributed by atoms with E-state index in [0.717, 1.165) is 28.0 Å². The van der Waals surface area contributed by atoms with Gasteiger partial charge in [-0.2, -0.15) is 11.8 Å². The molecule has 2 aromatic rings. The van der Waals surface area contributed by atoms with Crippen LogP contribution in [0.1, 0.15) is 26.3 Å². The fraction of sp³-hybridized carbons (Fsp3) is 0.357. The van der Waals surface area contributed by atoms with Crippen LogP contribution in [0, 0.1) is 0 Å². The summed E-state index contributed by atoms with van der Waals surface area (Å²) in [5.41, 5.74) is 4.82. The second kappa shape index (κ2) is 5.16. The number of para-hydroxylation sites is 1. The summed E-state index contributed by atoms with van der Waals surface area (Å²) in [7, 11) is 0. The van der Waals surface area contributed by atoms with E-state index >= 15 is 0 Å². The second-order valence-corrected chi connectivity index (χ2v) is 7.04. The number of rotatable bonds is 3. The van der Waals surface area contributed by atoms with E-state index in [-0.39, 0.29) is 4.75 Å². The van der Waals surface area contributed by atoms with Crippen LogP contribution in [-0.2, 0) is 5.75 Å². The second-order valence-electron chi connectivity index (χ2n) is 5.23. The monoisotopic (exact) mass is 261 g/mol. The summed E-state index contributed by atoms with van der Waals surface area (Å²) >= 11 is 1.89. The number of benzene rings is 1. The van der Waals surface area contributed by atoms with E-state index in [1.165, 1.54) is 0 Å². The third-order valence-corrected chi connectivity index (χ3v) is 3.92. The van der Waals surface area contributed by atoms with Gasteiger partial charge < -0.3 is 5.43 Å². The van der Waals surface area contributed by atoms with Gasteiger partial charge in [0.2, 0.25) is 0 Å². The highest BCUT2D eigenvalue weighted by atomic mass is 32.2. The minimum Gasteiger partial charge on any atom is -0.308 e. The van der Waals surface area contributed by atoms with Crippen molar-refractivity contribution in [1.82, 2.24) is 4.98 Å². The Morgan fingerprint density at radius 3 is 2.67 bits per heavy atom. The maximum Gasteiger partial charge on any atom is 0.144 e. The fourth-order valence-corrected chi connectivity index (χ4v) is 2.50. The Hall–Kier alpha value is -1.26. The maximum absolute atomic E-state index is 5.56. The van der Waals surface area contributed by atoms with Crippen LogP contribution in [0.4, 0.5) is 5.82 Å². The molecule has 0 spiro atoms. The standard InChI is InChI=1S/C14H19N3S/c1-14(2,3)18-9-11-8-10-6-4-5-7-12(10)16-13(11)17-15/h4-8H,9,15H2,1-3H3,(H,16,17). The summed E-state index contributed by atoms with van der Waals surface area (Å²) in [6, 6.07) is 10.3. The number of hydrogen-bond acceptors (Lipinski definition) is 4. The van der Waals surface area contributed by atoms with E-state index in [9.17, 15) is 0 Å². The molecular weight excluding hydrogens is 242 g/mol. The highest BCUT2D eigenvalue weighted by Crippen LogP contribution is 2.30. The minimum atomic E-state index is 0.234. The van der Waals surface area contributed by atoms with E-state index in [0.29, 0.717) is 0 Å². The van der Waals surface area contributed by atoms with Crippen LogP contribution in [0.5, 0.6) is 0 Å². The van der Waals surface area contributed by atoms with E-state index in [1.54, 1.807) is 0 Å². The molecule has 0 unspecified atom stereocenters. The quantitative estimate of drug-likeness (QED) is 0.655. The first-order valence-corrected chi connectivity index (χ1v) is 6.97. The summed E-state index contributed by atoms with van der Waals surface area (Å²) < 4.78 is 0.234. The number of nitrogen functional groups attached to an aromatic ring is 1. The van der Waals surface area contributed by atoms with E-state index < -0.39 is 0 Å². The molecule has 2 rings (SSSR count). The van der Waals surface area contributed by atoms with E-state index in [2.05, 4.69) is 43.3 Å². The minimum absolute atomic E-state index is 0.234. The van der Waals surface area contributed by atoms with Crippen molar-refractivity contribution in [3.8, 4) is 0 Å². The SMILES string of the molecule is CC(C)(C)SCc1cc2ccccc2nc1NN. The molecule has 0 aliphatic rings. The fourth-order valence-electron chi connectivity index (χ4n) is 1.69. The van der Waals surface area contributed by atoms with Gasteiger partial charge in [0.1, 0.15) is 5.82 Å². The van der Waals surface area contributed by atoms with Gasteiger partial charge in [0.05, 0.1) is 5.52 Å². The van der Waals surface area contributed by atoms with Crippen molar-refractivity contribution in [2.24, 2.45) is 5.84 Å². The molecule has 0 radical (unpaired) electrons. The molecule has 0 aliphatic carbocycles. The number of hydrazine groups is 1. The smallest absolute Gasteiger partial charge is 0.144 e. The molecular formula is C14H19N3S. The topological polar surface area (TPSA) is 50.9 Å². The zero-order chi connectivity index (χ0) is 13.2. The van der Waals surface area contributed by atoms with Crippen LogP contribution in [0.3, 0.4) is 0 Å². The van der Waals surface area contributed by atoms with Crippen LogP contribution >= 0.6 is 11.8 Å². The Morgan fingerprint density at radius 1 is 1.28 bits per heavy atom. The Bertz CT molecular complexity index is 546. The lowest BCUT2D eigenvalue weighted by molar-refractivity contribution is 0.802. The molecule has 0 atom stereocenters. The van der Waals surface area contributed by atoms with Crippen molar-refractivity contribution in [2.45, 2.75) is 31.3 Å². The number of nitrogens with two attached hydrogens (primary N) is 1. The van der Waals surface area contributed by atoms with Gasteiger partial charge in [0, 0.05) is 21.4 Å². The lowest BCUT2D eigenvalue weighted by Crippen LogP contribution is -2.13. The van der Waals surface area contributed by atoms with Crippen LogP contribution in [0.2, 0.25) is 0 Å². The largest absolute Gasteiger partial charge is 0.308 e. The summed E-state index contributed by atoms with van der Waals surface area (Å²) in [5.74, 6) is 7.23. The molecule has 0 fully saturated rings. The number of pyridine rings is 1. The molecule has 0 amide bonds. The first-order chi connectivity index (χ1) is 8.49. The third-order valence-electron chi connectivity index (χ3n) is 2.60. The first-order valence-electron chi connectivity index (χ1n) is 5.99. The van der Waals surface area contributed by atoms with Gasteiger partial charge in [-0.25, -0.2) is 10.8 Å². The lowest BCUT2D eigenvalue weighted by atomic mass is 10.1. The average Bonchev–Trinajstić information content (AvgIpc) is 2.34. The van der Waals surface area contributed by atoms with Gasteiger partial charge in [-0.15, -0.1) is 0 Å². The highest BCUT2D eigenvalue weighted by molar-refractivity contribution is 7.99. The van der Waals surface area contributed by atoms with Crippen LogP contribution < -0.4 is 11.3 Å². The van der Waals surface area contributed by atoms with Crippen molar-refractivity contribution in [2.75, 3.05) is 5.43 Å². The first kappa shape index (κ1) is 13.2. The molecule has 1 heterocycles. The molecule has 3 nitrogen and oxygen atoms in total. The summed E-state index contributed by atoms with van der Waals surface area (Å²) in [6.45, 7) is 6.63. The number of nitrogens with one attached hydrogen (secondary N) is 1. The van der Waals surface area contributed by atoms with Gasteiger partial charge in [-0.3, -0.25) is 0 Å². The number of nitrogens with zero attached hydrogens (tertiary/aromatic N) is 1. The predicted molar refractivity (Wildman–Crippen MR) is 80.6 cm³/mol. The predicted octanol–water partition coefficient (Wildman–Crippen LogP) is 3.55. The molecule has 4 heteroatoms. The molecule has 18 heavy (non-hydrogen) atoms. The maximum atomic E-state index is 5.56. The summed E-state index contributed by atoms with van der Waals surface area (Å²) in [4.78, 5) is 4.54.